The lowest BCUT2D eigenvalue weighted by Gasteiger charge is -2.09. The molecule has 1 unspecified atom stereocenters. The van der Waals surface area contributed by atoms with E-state index in [0.29, 0.717) is 18.9 Å². The van der Waals surface area contributed by atoms with Gasteiger partial charge in [-0.1, -0.05) is 6.92 Å². The van der Waals surface area contributed by atoms with E-state index in [4.69, 9.17) is 16.3 Å². The van der Waals surface area contributed by atoms with Crippen LogP contribution < -0.4 is 0 Å². The zero-order valence-corrected chi connectivity index (χ0v) is 9.70. The lowest BCUT2D eigenvalue weighted by atomic mass is 10.4. The Labute approximate surface area is 85.3 Å². The summed E-state index contributed by atoms with van der Waals surface area (Å²) in [7, 11) is -2.96. The second-order valence-corrected chi connectivity index (χ2v) is 5.80. The topological polar surface area (TPSA) is 43.4 Å². The lowest BCUT2D eigenvalue weighted by Crippen LogP contribution is -2.23. The van der Waals surface area contributed by atoms with Crippen LogP contribution in [0.2, 0.25) is 0 Å². The summed E-state index contributed by atoms with van der Waals surface area (Å²) in [4.78, 5) is 0. The quantitative estimate of drug-likeness (QED) is 0.490. The largest absolute Gasteiger partial charge is 0.379 e. The van der Waals surface area contributed by atoms with E-state index in [1.54, 1.807) is 6.92 Å². The molecule has 0 aliphatic heterocycles. The van der Waals surface area contributed by atoms with E-state index in [2.05, 4.69) is 0 Å². The highest BCUT2D eigenvalue weighted by molar-refractivity contribution is 7.92. The normalized spacial score (nSPS) is 14.4. The molecule has 0 bridgehead atoms. The molecule has 0 rings (SSSR count). The highest BCUT2D eigenvalue weighted by Crippen LogP contribution is 2.05. The number of hydrogen-bond donors (Lipinski definition) is 0. The van der Waals surface area contributed by atoms with Gasteiger partial charge in [0, 0.05) is 5.88 Å². The SMILES string of the molecule is CCC(C)S(=O)(=O)CCOCCCl. The number of halogens is 1. The van der Waals surface area contributed by atoms with Crippen molar-refractivity contribution in [2.45, 2.75) is 25.5 Å². The van der Waals surface area contributed by atoms with E-state index in [-0.39, 0.29) is 17.6 Å². The van der Waals surface area contributed by atoms with Crippen LogP contribution in [0.1, 0.15) is 20.3 Å². The molecule has 0 N–H and O–H groups in total. The minimum Gasteiger partial charge on any atom is -0.379 e. The van der Waals surface area contributed by atoms with E-state index in [0.717, 1.165) is 0 Å². The summed E-state index contributed by atoms with van der Waals surface area (Å²) >= 11 is 5.37. The van der Waals surface area contributed by atoms with Crippen LogP contribution in [-0.2, 0) is 14.6 Å². The van der Waals surface area contributed by atoms with Crippen LogP contribution in [0.3, 0.4) is 0 Å². The molecule has 0 aromatic heterocycles. The maximum Gasteiger partial charge on any atom is 0.155 e. The van der Waals surface area contributed by atoms with Gasteiger partial charge in [-0.2, -0.15) is 0 Å². The molecule has 0 radical (unpaired) electrons. The fraction of sp³-hybridized carbons (Fsp3) is 1.00. The second-order valence-electron chi connectivity index (χ2n) is 2.89. The Bertz CT molecular complexity index is 213. The summed E-state index contributed by atoms with van der Waals surface area (Å²) in [5, 5.41) is -0.271. The third-order valence-corrected chi connectivity index (χ3v) is 4.37. The first-order chi connectivity index (χ1) is 6.04. The second kappa shape index (κ2) is 6.62. The number of ether oxygens (including phenoxy) is 1. The average Bonchev–Trinajstić information content (AvgIpc) is 2.11. The summed E-state index contributed by atoms with van der Waals surface area (Å²) in [6.45, 7) is 4.25. The first-order valence-corrected chi connectivity index (χ1v) is 6.64. The van der Waals surface area contributed by atoms with Crippen molar-refractivity contribution in [2.75, 3.05) is 24.8 Å². The molecule has 1 atom stereocenters. The van der Waals surface area contributed by atoms with Crippen LogP contribution in [0.4, 0.5) is 0 Å². The molecule has 0 aliphatic carbocycles. The van der Waals surface area contributed by atoms with Crippen LogP contribution in [0.15, 0.2) is 0 Å². The molecule has 13 heavy (non-hydrogen) atoms. The van der Waals surface area contributed by atoms with Crippen molar-refractivity contribution in [3.05, 3.63) is 0 Å². The summed E-state index contributed by atoms with van der Waals surface area (Å²) in [6.07, 6.45) is 0.651. The predicted molar refractivity (Wildman–Crippen MR) is 55.1 cm³/mol. The van der Waals surface area contributed by atoms with Gasteiger partial charge in [0.25, 0.3) is 0 Å². The van der Waals surface area contributed by atoms with Gasteiger partial charge in [0.05, 0.1) is 24.2 Å². The standard InChI is InChI=1S/C8H17ClO3S/c1-3-8(2)13(10,11)7-6-12-5-4-9/h8H,3-7H2,1-2H3. The van der Waals surface area contributed by atoms with Crippen LogP contribution in [0.5, 0.6) is 0 Å². The fourth-order valence-electron chi connectivity index (χ4n) is 0.787. The third-order valence-electron chi connectivity index (χ3n) is 1.92. The van der Waals surface area contributed by atoms with Gasteiger partial charge in [0.15, 0.2) is 9.84 Å². The maximum atomic E-state index is 11.4. The summed E-state index contributed by atoms with van der Waals surface area (Å²) < 4.78 is 27.8. The molecule has 0 aromatic carbocycles. The van der Waals surface area contributed by atoms with Gasteiger partial charge in [0.1, 0.15) is 0 Å². The lowest BCUT2D eigenvalue weighted by molar-refractivity contribution is 0.165. The maximum absolute atomic E-state index is 11.4. The average molecular weight is 229 g/mol. The van der Waals surface area contributed by atoms with E-state index in [1.165, 1.54) is 0 Å². The minimum atomic E-state index is -2.96. The minimum absolute atomic E-state index is 0.0961. The molecule has 0 amide bonds. The Balaban J connectivity index is 3.77. The molecule has 0 aliphatic rings. The van der Waals surface area contributed by atoms with Crippen LogP contribution in [0, 0.1) is 0 Å². The molecule has 0 heterocycles. The Morgan fingerprint density at radius 3 is 2.46 bits per heavy atom. The predicted octanol–water partition coefficient (Wildman–Crippen LogP) is 1.46. The van der Waals surface area contributed by atoms with Gasteiger partial charge in [0.2, 0.25) is 0 Å². The van der Waals surface area contributed by atoms with Crippen LogP contribution >= 0.6 is 11.6 Å². The summed E-state index contributed by atoms with van der Waals surface area (Å²) in [5.41, 5.74) is 0. The molecule has 5 heteroatoms. The van der Waals surface area contributed by atoms with Gasteiger partial charge in [-0.15, -0.1) is 11.6 Å². The number of hydrogen-bond acceptors (Lipinski definition) is 3. The molecule has 0 saturated carbocycles. The number of rotatable bonds is 7. The van der Waals surface area contributed by atoms with Crippen molar-refractivity contribution in [1.82, 2.24) is 0 Å². The number of alkyl halides is 1. The van der Waals surface area contributed by atoms with Crippen molar-refractivity contribution < 1.29 is 13.2 Å². The molecule has 0 saturated heterocycles. The summed E-state index contributed by atoms with van der Waals surface area (Å²) in [5.74, 6) is 0.502. The molecule has 0 spiro atoms. The molecule has 80 valence electrons. The van der Waals surface area contributed by atoms with Crippen LogP contribution in [0.25, 0.3) is 0 Å². The van der Waals surface area contributed by atoms with Gasteiger partial charge in [-0.3, -0.25) is 0 Å². The third kappa shape index (κ3) is 5.49. The van der Waals surface area contributed by atoms with Crippen molar-refractivity contribution in [1.29, 1.82) is 0 Å². The van der Waals surface area contributed by atoms with Crippen LogP contribution in [-0.4, -0.2) is 38.5 Å². The van der Waals surface area contributed by atoms with Gasteiger partial charge in [-0.25, -0.2) is 8.42 Å². The highest BCUT2D eigenvalue weighted by Gasteiger charge is 2.18. The Morgan fingerprint density at radius 1 is 1.38 bits per heavy atom. The zero-order valence-electron chi connectivity index (χ0n) is 8.12. The molecule has 0 aromatic rings. The fourth-order valence-corrected chi connectivity index (χ4v) is 2.16. The van der Waals surface area contributed by atoms with E-state index in [1.807, 2.05) is 6.92 Å². The zero-order chi connectivity index (χ0) is 10.3. The first kappa shape index (κ1) is 13.2. The van der Waals surface area contributed by atoms with Gasteiger partial charge >= 0.3 is 0 Å². The van der Waals surface area contributed by atoms with E-state index < -0.39 is 9.84 Å². The van der Waals surface area contributed by atoms with Crippen molar-refractivity contribution in [2.24, 2.45) is 0 Å². The monoisotopic (exact) mass is 228 g/mol. The molecular weight excluding hydrogens is 212 g/mol. The smallest absolute Gasteiger partial charge is 0.155 e. The van der Waals surface area contributed by atoms with E-state index >= 15 is 0 Å². The van der Waals surface area contributed by atoms with Gasteiger partial charge < -0.3 is 4.74 Å². The molecule has 3 nitrogen and oxygen atoms in total. The van der Waals surface area contributed by atoms with Gasteiger partial charge in [-0.05, 0) is 13.3 Å². The Hall–Kier alpha value is 0.200. The number of sulfone groups is 1. The molecular formula is C8H17ClO3S. The molecule has 0 fully saturated rings. The van der Waals surface area contributed by atoms with Crippen molar-refractivity contribution >= 4 is 21.4 Å². The Morgan fingerprint density at radius 2 is 2.00 bits per heavy atom. The van der Waals surface area contributed by atoms with E-state index in [9.17, 15) is 8.42 Å². The summed E-state index contributed by atoms with van der Waals surface area (Å²) in [6, 6.07) is 0. The Kier molecular flexibility index (Phi) is 6.73. The highest BCUT2D eigenvalue weighted by atomic mass is 35.5. The first-order valence-electron chi connectivity index (χ1n) is 4.40. The van der Waals surface area contributed by atoms with Crippen molar-refractivity contribution in [3.8, 4) is 0 Å². The van der Waals surface area contributed by atoms with Crippen molar-refractivity contribution in [3.63, 3.8) is 0 Å².